The van der Waals surface area contributed by atoms with Crippen LogP contribution in [0.2, 0.25) is 22.5 Å². The maximum absolute atomic E-state index is 11.5. The van der Waals surface area contributed by atoms with Crippen LogP contribution in [-0.2, 0) is 27.8 Å². The van der Waals surface area contributed by atoms with Gasteiger partial charge < -0.3 is 19.2 Å². The second-order valence-corrected chi connectivity index (χ2v) is 16.0. The first-order valence-corrected chi connectivity index (χ1v) is 14.1. The number of carbonyl (C=O) groups is 1. The first kappa shape index (κ1) is 22.1. The largest absolute Gasteiger partial charge is 0.465 e. The molecule has 8 heteroatoms. The Labute approximate surface area is 178 Å². The molecule has 1 amide bonds. The Balaban J connectivity index is 1.87. The van der Waals surface area contributed by atoms with E-state index in [0.717, 1.165) is 16.3 Å². The Morgan fingerprint density at radius 1 is 1.46 bits per heavy atom. The van der Waals surface area contributed by atoms with E-state index in [-0.39, 0.29) is 11.1 Å². The molecule has 2 aliphatic rings. The van der Waals surface area contributed by atoms with E-state index in [1.54, 1.807) is 11.3 Å². The molecule has 1 fully saturated rings. The molecule has 0 aromatic carbocycles. The number of halogens is 1. The number of ether oxygens (including phenoxy) is 1. The third kappa shape index (κ3) is 3.88. The molecule has 0 radical (unpaired) electrons. The van der Waals surface area contributed by atoms with Gasteiger partial charge in [-0.05, 0) is 43.5 Å². The maximum atomic E-state index is 11.5. The quantitative estimate of drug-likeness (QED) is 0.592. The Bertz CT molecular complexity index is 760. The van der Waals surface area contributed by atoms with E-state index in [4.69, 9.17) is 20.8 Å². The van der Waals surface area contributed by atoms with Gasteiger partial charge in [0.15, 0.2) is 8.32 Å². The molecule has 3 rings (SSSR count). The number of piperidine rings is 1. The lowest BCUT2D eigenvalue weighted by Gasteiger charge is -2.46. The fraction of sp³-hybridized carbons (Fsp3) is 0.750. The fourth-order valence-electron chi connectivity index (χ4n) is 3.96. The van der Waals surface area contributed by atoms with E-state index in [1.165, 1.54) is 15.3 Å². The topological polar surface area (TPSA) is 59.0 Å². The van der Waals surface area contributed by atoms with Crippen LogP contribution in [-0.4, -0.2) is 43.6 Å². The highest BCUT2D eigenvalue weighted by molar-refractivity contribution is 7.16. The van der Waals surface area contributed by atoms with Crippen LogP contribution < -0.4 is 0 Å². The monoisotopic (exact) mass is 445 g/mol. The maximum Gasteiger partial charge on any atom is 0.407 e. The minimum atomic E-state index is -1.87. The van der Waals surface area contributed by atoms with Crippen LogP contribution in [0.1, 0.15) is 56.5 Å². The number of carboxylic acid groups (broad SMARTS) is 1. The summed E-state index contributed by atoms with van der Waals surface area (Å²) < 4.78 is 13.6. The van der Waals surface area contributed by atoms with Gasteiger partial charge in [-0.15, -0.1) is 11.3 Å². The third-order valence-corrected chi connectivity index (χ3v) is 12.9. The molecule has 1 spiro atoms. The Kier molecular flexibility index (Phi) is 5.98. The van der Waals surface area contributed by atoms with Crippen molar-refractivity contribution in [2.45, 2.75) is 83.3 Å². The highest BCUT2D eigenvalue weighted by Gasteiger charge is 2.47. The van der Waals surface area contributed by atoms with Crippen LogP contribution in [0.5, 0.6) is 0 Å². The van der Waals surface area contributed by atoms with Crippen molar-refractivity contribution in [3.63, 3.8) is 0 Å². The summed E-state index contributed by atoms with van der Waals surface area (Å²) in [6.45, 7) is 14.9. The molecule has 28 heavy (non-hydrogen) atoms. The molecule has 1 N–H and O–H groups in total. The van der Waals surface area contributed by atoms with Crippen LogP contribution in [0.3, 0.4) is 0 Å². The molecular weight excluding hydrogens is 414 g/mol. The zero-order valence-electron chi connectivity index (χ0n) is 17.7. The molecular formula is C20H32ClNO4SSi. The van der Waals surface area contributed by atoms with Crippen LogP contribution in [0.4, 0.5) is 4.79 Å². The van der Waals surface area contributed by atoms with Crippen LogP contribution in [0, 0.1) is 0 Å². The van der Waals surface area contributed by atoms with Gasteiger partial charge in [0, 0.05) is 29.4 Å². The van der Waals surface area contributed by atoms with E-state index in [2.05, 4.69) is 33.9 Å². The minimum absolute atomic E-state index is 0.0787. The summed E-state index contributed by atoms with van der Waals surface area (Å²) >= 11 is 8.29. The van der Waals surface area contributed by atoms with E-state index in [9.17, 15) is 9.90 Å². The highest BCUT2D eigenvalue weighted by atomic mass is 35.5. The molecule has 158 valence electrons. The van der Waals surface area contributed by atoms with Crippen molar-refractivity contribution in [1.82, 2.24) is 4.90 Å². The van der Waals surface area contributed by atoms with Crippen LogP contribution >= 0.6 is 22.9 Å². The van der Waals surface area contributed by atoms with Gasteiger partial charge in [0.1, 0.15) is 5.60 Å². The fourth-order valence-corrected chi connectivity index (χ4v) is 6.56. The van der Waals surface area contributed by atoms with Crippen molar-refractivity contribution in [3.05, 3.63) is 20.3 Å². The number of likely N-dealkylation sites (tertiary alicyclic amines) is 1. The lowest BCUT2D eigenvalue weighted by molar-refractivity contribution is -0.104. The average Bonchev–Trinajstić information content (AvgIpc) is 2.89. The predicted octanol–water partition coefficient (Wildman–Crippen LogP) is 5.85. The number of thiophene rings is 1. The van der Waals surface area contributed by atoms with Gasteiger partial charge in [-0.2, -0.15) is 0 Å². The number of hydrogen-bond acceptors (Lipinski definition) is 4. The van der Waals surface area contributed by atoms with Gasteiger partial charge in [0.05, 0.1) is 17.6 Å². The van der Waals surface area contributed by atoms with Crippen LogP contribution in [0.25, 0.3) is 0 Å². The number of hydrogen-bond donors (Lipinski definition) is 1. The zero-order chi connectivity index (χ0) is 20.9. The predicted molar refractivity (Wildman–Crippen MR) is 116 cm³/mol. The van der Waals surface area contributed by atoms with Crippen molar-refractivity contribution >= 4 is 37.3 Å². The van der Waals surface area contributed by atoms with Gasteiger partial charge in [-0.25, -0.2) is 4.79 Å². The number of rotatable bonds is 3. The number of nitrogens with zero attached hydrogens (tertiary/aromatic N) is 1. The smallest absolute Gasteiger partial charge is 0.407 e. The van der Waals surface area contributed by atoms with E-state index in [0.29, 0.717) is 32.6 Å². The Morgan fingerprint density at radius 2 is 2.14 bits per heavy atom. The summed E-state index contributed by atoms with van der Waals surface area (Å²) in [7, 11) is -1.87. The first-order chi connectivity index (χ1) is 12.9. The Hall–Kier alpha value is -0.603. The van der Waals surface area contributed by atoms with Crippen molar-refractivity contribution in [2.75, 3.05) is 13.2 Å². The van der Waals surface area contributed by atoms with Crippen molar-refractivity contribution in [2.24, 2.45) is 0 Å². The minimum Gasteiger partial charge on any atom is -0.465 e. The summed E-state index contributed by atoms with van der Waals surface area (Å²) in [5, 5.41) is 9.56. The molecule has 0 saturated carbocycles. The van der Waals surface area contributed by atoms with Gasteiger partial charge >= 0.3 is 6.09 Å². The summed E-state index contributed by atoms with van der Waals surface area (Å²) in [6, 6.07) is -0.0787. The van der Waals surface area contributed by atoms with E-state index < -0.39 is 20.0 Å². The molecule has 1 saturated heterocycles. The standard InChI is InChI=1S/C20H32ClNO4SSi/c1-13-11-20(8-9-22(13)18(23)24)16-14(7-10-25-20)15(17(21)27-16)12-26-28(5,6)19(2,3)4/h13H,7-12H2,1-6H3,(H,23,24)/t13-,20+/m0/s1. The van der Waals surface area contributed by atoms with Gasteiger partial charge in [0.2, 0.25) is 0 Å². The van der Waals surface area contributed by atoms with Crippen LogP contribution in [0.15, 0.2) is 0 Å². The summed E-state index contributed by atoms with van der Waals surface area (Å²) in [5.74, 6) is 0. The summed E-state index contributed by atoms with van der Waals surface area (Å²) in [5.41, 5.74) is 1.97. The second kappa shape index (κ2) is 7.58. The SMILES string of the molecule is C[C@H]1C[C@@]2(CCN1C(=O)O)OCCc1c2sc(Cl)c1CO[Si](C)(C)C(C)(C)C. The normalized spacial score (nSPS) is 25.8. The van der Waals surface area contributed by atoms with Crippen molar-refractivity contribution < 1.29 is 19.1 Å². The molecule has 1 aromatic rings. The molecule has 5 nitrogen and oxygen atoms in total. The molecule has 0 aliphatic carbocycles. The molecule has 2 atom stereocenters. The molecule has 0 bridgehead atoms. The van der Waals surface area contributed by atoms with Crippen molar-refractivity contribution in [3.8, 4) is 0 Å². The van der Waals surface area contributed by atoms with Gasteiger partial charge in [-0.1, -0.05) is 32.4 Å². The van der Waals surface area contributed by atoms with E-state index in [1.807, 2.05) is 6.92 Å². The van der Waals surface area contributed by atoms with Gasteiger partial charge in [-0.3, -0.25) is 0 Å². The molecule has 2 aliphatic heterocycles. The second-order valence-electron chi connectivity index (χ2n) is 9.58. The highest BCUT2D eigenvalue weighted by Crippen LogP contribution is 2.50. The van der Waals surface area contributed by atoms with E-state index >= 15 is 0 Å². The summed E-state index contributed by atoms with van der Waals surface area (Å²) in [4.78, 5) is 14.2. The third-order valence-electron chi connectivity index (χ3n) is 6.75. The number of fused-ring (bicyclic) bond motifs is 2. The number of amides is 1. The first-order valence-electron chi connectivity index (χ1n) is 9.96. The molecule has 1 aromatic heterocycles. The summed E-state index contributed by atoms with van der Waals surface area (Å²) in [6.07, 6.45) is 1.33. The molecule has 3 heterocycles. The van der Waals surface area contributed by atoms with Crippen molar-refractivity contribution in [1.29, 1.82) is 0 Å². The van der Waals surface area contributed by atoms with Gasteiger partial charge in [0.25, 0.3) is 0 Å². The zero-order valence-corrected chi connectivity index (χ0v) is 20.3. The lowest BCUT2D eigenvalue weighted by atomic mass is 9.81. The average molecular weight is 446 g/mol. The lowest BCUT2D eigenvalue weighted by Crippen LogP contribution is -2.52. The molecule has 0 unspecified atom stereocenters. The Morgan fingerprint density at radius 3 is 2.71 bits per heavy atom.